The SMILES string of the molecule is CCCCOC(=O)N1CCN(c2ncnc3cc(-c4nc(N)cc5ccccc45)c(Cl)cc23)CC1. The number of benzene rings is 2. The second kappa shape index (κ2) is 9.92. The average molecular weight is 491 g/mol. The Hall–Kier alpha value is -3.65. The van der Waals surface area contributed by atoms with E-state index in [-0.39, 0.29) is 6.09 Å². The number of aromatic nitrogens is 3. The maximum atomic E-state index is 12.3. The summed E-state index contributed by atoms with van der Waals surface area (Å²) in [6.45, 7) is 4.97. The van der Waals surface area contributed by atoms with Gasteiger partial charge in [-0.1, -0.05) is 49.2 Å². The molecule has 180 valence electrons. The highest BCUT2D eigenvalue weighted by Crippen LogP contribution is 2.37. The molecule has 4 aromatic rings. The van der Waals surface area contributed by atoms with Crippen molar-refractivity contribution in [2.75, 3.05) is 43.4 Å². The number of anilines is 2. The number of nitrogen functional groups attached to an aromatic ring is 1. The van der Waals surface area contributed by atoms with Crippen LogP contribution in [-0.2, 0) is 4.74 Å². The van der Waals surface area contributed by atoms with Gasteiger partial charge in [0.2, 0.25) is 0 Å². The number of unbranched alkanes of at least 4 members (excludes halogenated alkanes) is 1. The first kappa shape index (κ1) is 23.1. The third kappa shape index (κ3) is 4.66. The van der Waals surface area contributed by atoms with Crippen LogP contribution in [0.2, 0.25) is 5.02 Å². The summed E-state index contributed by atoms with van der Waals surface area (Å²) < 4.78 is 5.35. The van der Waals surface area contributed by atoms with E-state index in [1.807, 2.05) is 42.5 Å². The molecule has 1 fully saturated rings. The number of pyridine rings is 1. The Morgan fingerprint density at radius 2 is 1.89 bits per heavy atom. The van der Waals surface area contributed by atoms with Gasteiger partial charge in [0, 0.05) is 42.5 Å². The lowest BCUT2D eigenvalue weighted by Crippen LogP contribution is -2.49. The normalized spacial score (nSPS) is 14.0. The standard InChI is InChI=1S/C26H27ClN6O2/c1-2-3-12-35-26(34)33-10-8-32(9-11-33)25-20-14-21(27)19(15-22(20)29-16-30-25)24-18-7-5-4-6-17(18)13-23(28)31-24/h4-7,13-16H,2-3,8-12H2,1H3,(H2,28,31). The van der Waals surface area contributed by atoms with Crippen LogP contribution in [-0.4, -0.2) is 58.7 Å². The number of amides is 1. The van der Waals surface area contributed by atoms with Crippen LogP contribution in [0.25, 0.3) is 32.9 Å². The van der Waals surface area contributed by atoms with Gasteiger partial charge in [-0.3, -0.25) is 0 Å². The lowest BCUT2D eigenvalue weighted by molar-refractivity contribution is 0.0989. The smallest absolute Gasteiger partial charge is 0.409 e. The van der Waals surface area contributed by atoms with E-state index in [0.29, 0.717) is 43.6 Å². The Balaban J connectivity index is 1.44. The molecule has 0 spiro atoms. The predicted molar refractivity (Wildman–Crippen MR) is 140 cm³/mol. The van der Waals surface area contributed by atoms with Crippen molar-refractivity contribution < 1.29 is 9.53 Å². The highest BCUT2D eigenvalue weighted by molar-refractivity contribution is 6.34. The van der Waals surface area contributed by atoms with Crippen LogP contribution in [0.1, 0.15) is 19.8 Å². The third-order valence-corrected chi connectivity index (χ3v) is 6.59. The molecule has 1 saturated heterocycles. The van der Waals surface area contributed by atoms with E-state index in [1.165, 1.54) is 0 Å². The van der Waals surface area contributed by atoms with E-state index >= 15 is 0 Å². The zero-order valence-corrected chi connectivity index (χ0v) is 20.3. The number of halogens is 1. The van der Waals surface area contributed by atoms with E-state index in [9.17, 15) is 4.79 Å². The lowest BCUT2D eigenvalue weighted by Gasteiger charge is -2.35. The number of hydrogen-bond acceptors (Lipinski definition) is 7. The Morgan fingerprint density at radius 3 is 2.69 bits per heavy atom. The number of rotatable bonds is 5. The largest absolute Gasteiger partial charge is 0.449 e. The lowest BCUT2D eigenvalue weighted by atomic mass is 10.0. The van der Waals surface area contributed by atoms with Gasteiger partial charge in [-0.15, -0.1) is 0 Å². The quantitative estimate of drug-likeness (QED) is 0.387. The van der Waals surface area contributed by atoms with Gasteiger partial charge in [-0.05, 0) is 30.0 Å². The number of nitrogens with two attached hydrogens (primary N) is 1. The molecular weight excluding hydrogens is 464 g/mol. The van der Waals surface area contributed by atoms with Crippen molar-refractivity contribution in [3.63, 3.8) is 0 Å². The molecule has 0 bridgehead atoms. The second-order valence-electron chi connectivity index (χ2n) is 8.61. The minimum absolute atomic E-state index is 0.250. The molecule has 3 heterocycles. The number of fused-ring (bicyclic) bond motifs is 2. The molecule has 2 aromatic heterocycles. The number of carbonyl (C=O) groups excluding carboxylic acids is 1. The highest BCUT2D eigenvalue weighted by atomic mass is 35.5. The van der Waals surface area contributed by atoms with Crippen LogP contribution in [0, 0.1) is 0 Å². The summed E-state index contributed by atoms with van der Waals surface area (Å²) in [5.74, 6) is 1.23. The van der Waals surface area contributed by atoms with E-state index in [4.69, 9.17) is 22.1 Å². The molecular formula is C26H27ClN6O2. The number of carbonyl (C=O) groups is 1. The summed E-state index contributed by atoms with van der Waals surface area (Å²) in [7, 11) is 0. The summed E-state index contributed by atoms with van der Waals surface area (Å²) in [5, 5.41) is 3.38. The molecule has 1 aliphatic heterocycles. The van der Waals surface area contributed by atoms with E-state index < -0.39 is 0 Å². The van der Waals surface area contributed by atoms with Gasteiger partial charge in [0.05, 0.1) is 22.8 Å². The summed E-state index contributed by atoms with van der Waals surface area (Å²) in [4.78, 5) is 29.9. The minimum Gasteiger partial charge on any atom is -0.449 e. The Kier molecular flexibility index (Phi) is 6.55. The van der Waals surface area contributed by atoms with Gasteiger partial charge >= 0.3 is 6.09 Å². The molecule has 1 aliphatic rings. The molecule has 9 heteroatoms. The Morgan fingerprint density at radius 1 is 1.09 bits per heavy atom. The summed E-state index contributed by atoms with van der Waals surface area (Å²) in [6.07, 6.45) is 3.18. The van der Waals surface area contributed by atoms with Crippen molar-refractivity contribution in [1.29, 1.82) is 0 Å². The van der Waals surface area contributed by atoms with Crippen molar-refractivity contribution in [2.24, 2.45) is 0 Å². The maximum Gasteiger partial charge on any atom is 0.409 e. The first-order valence-corrected chi connectivity index (χ1v) is 12.2. The Bertz CT molecular complexity index is 1390. The molecule has 1 amide bonds. The molecule has 8 nitrogen and oxygen atoms in total. The molecule has 2 aromatic carbocycles. The fourth-order valence-corrected chi connectivity index (χ4v) is 4.67. The fraction of sp³-hybridized carbons (Fsp3) is 0.308. The summed E-state index contributed by atoms with van der Waals surface area (Å²) in [6, 6.07) is 13.6. The first-order chi connectivity index (χ1) is 17.0. The average Bonchev–Trinajstić information content (AvgIpc) is 2.87. The molecule has 35 heavy (non-hydrogen) atoms. The molecule has 0 radical (unpaired) electrons. The topological polar surface area (TPSA) is 97.5 Å². The molecule has 0 unspecified atom stereocenters. The second-order valence-corrected chi connectivity index (χ2v) is 9.01. The summed E-state index contributed by atoms with van der Waals surface area (Å²) >= 11 is 6.80. The number of nitrogens with zero attached hydrogens (tertiary/aromatic N) is 5. The van der Waals surface area contributed by atoms with Crippen LogP contribution >= 0.6 is 11.6 Å². The number of piperazine rings is 1. The molecule has 0 atom stereocenters. The zero-order chi connectivity index (χ0) is 24.4. The van der Waals surface area contributed by atoms with E-state index in [0.717, 1.165) is 51.6 Å². The predicted octanol–water partition coefficient (Wildman–Crippen LogP) is 5.14. The minimum atomic E-state index is -0.250. The van der Waals surface area contributed by atoms with Gasteiger partial charge in [-0.2, -0.15) is 0 Å². The molecule has 0 aliphatic carbocycles. The van der Waals surface area contributed by atoms with Crippen molar-refractivity contribution in [2.45, 2.75) is 19.8 Å². The van der Waals surface area contributed by atoms with Crippen molar-refractivity contribution in [3.05, 3.63) is 53.8 Å². The molecule has 0 saturated carbocycles. The number of hydrogen-bond donors (Lipinski definition) is 1. The van der Waals surface area contributed by atoms with Gasteiger partial charge in [0.25, 0.3) is 0 Å². The van der Waals surface area contributed by atoms with Crippen molar-refractivity contribution in [1.82, 2.24) is 19.9 Å². The monoisotopic (exact) mass is 490 g/mol. The van der Waals surface area contributed by atoms with Crippen LogP contribution in [0.4, 0.5) is 16.4 Å². The van der Waals surface area contributed by atoms with Gasteiger partial charge < -0.3 is 20.3 Å². The van der Waals surface area contributed by atoms with Crippen LogP contribution < -0.4 is 10.6 Å². The van der Waals surface area contributed by atoms with Gasteiger partial charge in [-0.25, -0.2) is 19.7 Å². The molecule has 2 N–H and O–H groups in total. The fourth-order valence-electron chi connectivity index (χ4n) is 4.42. The van der Waals surface area contributed by atoms with E-state index in [1.54, 1.807) is 11.2 Å². The van der Waals surface area contributed by atoms with Crippen molar-refractivity contribution in [3.8, 4) is 11.3 Å². The Labute approximate surface area is 208 Å². The van der Waals surface area contributed by atoms with Crippen LogP contribution in [0.3, 0.4) is 0 Å². The van der Waals surface area contributed by atoms with Crippen LogP contribution in [0.5, 0.6) is 0 Å². The highest BCUT2D eigenvalue weighted by Gasteiger charge is 2.24. The zero-order valence-electron chi connectivity index (χ0n) is 19.6. The van der Waals surface area contributed by atoms with E-state index in [2.05, 4.69) is 26.8 Å². The van der Waals surface area contributed by atoms with Crippen molar-refractivity contribution >= 4 is 51.0 Å². The third-order valence-electron chi connectivity index (χ3n) is 6.28. The van der Waals surface area contributed by atoms with Gasteiger partial charge in [0.1, 0.15) is 18.0 Å². The molecule has 5 rings (SSSR count). The first-order valence-electron chi connectivity index (χ1n) is 11.8. The van der Waals surface area contributed by atoms with Crippen LogP contribution in [0.15, 0.2) is 48.8 Å². The maximum absolute atomic E-state index is 12.3. The number of ether oxygens (including phenoxy) is 1. The van der Waals surface area contributed by atoms with Gasteiger partial charge in [0.15, 0.2) is 0 Å². The summed E-state index contributed by atoms with van der Waals surface area (Å²) in [5.41, 5.74) is 8.35.